The zero-order valence-corrected chi connectivity index (χ0v) is 17.9. The SMILES string of the molecule is C[Si](C)(C)c1c[c-]c(-c2ncc(F)cc2F)c2oc3ccccc3c12.[Ir]. The van der Waals surface area contributed by atoms with E-state index in [1.165, 1.54) is 5.19 Å². The topological polar surface area (TPSA) is 26.0 Å². The summed E-state index contributed by atoms with van der Waals surface area (Å²) in [5.41, 5.74) is 1.76. The average Bonchev–Trinajstić information content (AvgIpc) is 2.93. The molecule has 6 heteroatoms. The van der Waals surface area contributed by atoms with E-state index in [1.807, 2.05) is 30.3 Å². The first-order chi connectivity index (χ1) is 11.9. The molecule has 0 saturated heterocycles. The summed E-state index contributed by atoms with van der Waals surface area (Å²) in [5, 5.41) is 3.17. The molecule has 0 unspecified atom stereocenters. The van der Waals surface area contributed by atoms with Crippen LogP contribution in [0.3, 0.4) is 0 Å². The number of benzene rings is 2. The molecule has 2 aromatic carbocycles. The molecular formula is C20H16F2IrNOSi-. The van der Waals surface area contributed by atoms with Crippen molar-refractivity contribution < 1.29 is 33.3 Å². The van der Waals surface area contributed by atoms with Gasteiger partial charge in [0.1, 0.15) is 17.2 Å². The van der Waals surface area contributed by atoms with E-state index in [1.54, 1.807) is 0 Å². The maximum absolute atomic E-state index is 14.3. The Kier molecular flexibility index (Phi) is 4.86. The number of rotatable bonds is 2. The summed E-state index contributed by atoms with van der Waals surface area (Å²) in [7, 11) is -1.69. The smallest absolute Gasteiger partial charge is 0.142 e. The molecule has 0 atom stereocenters. The molecule has 0 amide bonds. The number of hydrogen-bond acceptors (Lipinski definition) is 2. The van der Waals surface area contributed by atoms with E-state index < -0.39 is 19.7 Å². The summed E-state index contributed by atoms with van der Waals surface area (Å²) in [6.45, 7) is 6.73. The minimum Gasteiger partial charge on any atom is -0.501 e. The van der Waals surface area contributed by atoms with Gasteiger partial charge in [0.05, 0.1) is 11.8 Å². The Morgan fingerprint density at radius 3 is 2.54 bits per heavy atom. The van der Waals surface area contributed by atoms with Gasteiger partial charge in [-0.25, -0.2) is 8.78 Å². The van der Waals surface area contributed by atoms with Crippen molar-refractivity contribution in [1.29, 1.82) is 0 Å². The minimum absolute atomic E-state index is 0. The number of fused-ring (bicyclic) bond motifs is 3. The second-order valence-corrected chi connectivity index (χ2v) is 12.2. The Labute approximate surface area is 164 Å². The molecule has 2 heterocycles. The molecule has 0 saturated carbocycles. The molecule has 135 valence electrons. The number of aromatic nitrogens is 1. The molecule has 0 N–H and O–H groups in total. The van der Waals surface area contributed by atoms with Crippen LogP contribution in [0, 0.1) is 17.7 Å². The van der Waals surface area contributed by atoms with E-state index in [9.17, 15) is 8.78 Å². The van der Waals surface area contributed by atoms with Crippen molar-refractivity contribution in [3.63, 3.8) is 0 Å². The third-order valence-corrected chi connectivity index (χ3v) is 6.32. The number of hydrogen-bond donors (Lipinski definition) is 0. The summed E-state index contributed by atoms with van der Waals surface area (Å²) < 4.78 is 33.6. The van der Waals surface area contributed by atoms with Crippen LogP contribution in [0.4, 0.5) is 8.78 Å². The van der Waals surface area contributed by atoms with Gasteiger partial charge < -0.3 is 4.42 Å². The van der Waals surface area contributed by atoms with Crippen molar-refractivity contribution in [1.82, 2.24) is 4.98 Å². The van der Waals surface area contributed by atoms with Crippen LogP contribution < -0.4 is 5.19 Å². The molecule has 4 aromatic rings. The van der Waals surface area contributed by atoms with Gasteiger partial charge in [-0.3, -0.25) is 4.98 Å². The van der Waals surface area contributed by atoms with Gasteiger partial charge in [-0.15, -0.1) is 17.3 Å². The van der Waals surface area contributed by atoms with Gasteiger partial charge in [0.15, 0.2) is 0 Å². The third kappa shape index (κ3) is 3.02. The van der Waals surface area contributed by atoms with Crippen molar-refractivity contribution in [2.75, 3.05) is 0 Å². The normalized spacial score (nSPS) is 11.7. The van der Waals surface area contributed by atoms with Crippen LogP contribution in [-0.4, -0.2) is 13.1 Å². The van der Waals surface area contributed by atoms with Gasteiger partial charge in [0.25, 0.3) is 0 Å². The first kappa shape index (κ1) is 18.9. The molecule has 0 bridgehead atoms. The van der Waals surface area contributed by atoms with Crippen molar-refractivity contribution in [3.05, 3.63) is 60.3 Å². The minimum atomic E-state index is -1.69. The molecule has 0 spiro atoms. The van der Waals surface area contributed by atoms with Crippen LogP contribution in [0.5, 0.6) is 0 Å². The van der Waals surface area contributed by atoms with E-state index in [-0.39, 0.29) is 25.8 Å². The number of pyridine rings is 1. The molecule has 2 aromatic heterocycles. The molecule has 0 aliphatic carbocycles. The van der Waals surface area contributed by atoms with Gasteiger partial charge in [0.2, 0.25) is 0 Å². The number of halogens is 2. The Morgan fingerprint density at radius 2 is 1.85 bits per heavy atom. The van der Waals surface area contributed by atoms with Crippen molar-refractivity contribution in [2.24, 2.45) is 0 Å². The van der Waals surface area contributed by atoms with Crippen molar-refractivity contribution >= 4 is 35.2 Å². The Hall–Kier alpha value is -1.88. The maximum Gasteiger partial charge on any atom is 0.142 e. The van der Waals surface area contributed by atoms with Crippen LogP contribution in [0.15, 0.2) is 47.0 Å². The second-order valence-electron chi connectivity index (χ2n) is 7.11. The quantitative estimate of drug-likeness (QED) is 0.254. The Bertz CT molecular complexity index is 1120. The fraction of sp³-hybridized carbons (Fsp3) is 0.150. The van der Waals surface area contributed by atoms with Crippen LogP contribution >= 0.6 is 0 Å². The average molecular weight is 545 g/mol. The van der Waals surface area contributed by atoms with E-state index >= 15 is 0 Å². The standard InChI is InChI=1S/C20H16F2NOSi.Ir/c1-25(2,3)17-9-8-14(19-15(22)10-12(21)11-23-19)20-18(17)13-6-4-5-7-16(13)24-20;/h4-7,9-11H,1-3H3;/q-1;. The van der Waals surface area contributed by atoms with Crippen LogP contribution in [0.1, 0.15) is 0 Å². The Balaban J connectivity index is 0.00000196. The van der Waals surface area contributed by atoms with Gasteiger partial charge in [-0.1, -0.05) is 48.8 Å². The molecule has 2 nitrogen and oxygen atoms in total. The largest absolute Gasteiger partial charge is 0.501 e. The first-order valence-corrected chi connectivity index (χ1v) is 11.5. The van der Waals surface area contributed by atoms with E-state index in [2.05, 4.69) is 30.7 Å². The monoisotopic (exact) mass is 545 g/mol. The zero-order valence-electron chi connectivity index (χ0n) is 14.5. The van der Waals surface area contributed by atoms with Crippen molar-refractivity contribution in [2.45, 2.75) is 19.6 Å². The number of furan rings is 1. The van der Waals surface area contributed by atoms with Crippen LogP contribution in [-0.2, 0) is 20.1 Å². The fourth-order valence-corrected chi connectivity index (χ4v) is 4.64. The van der Waals surface area contributed by atoms with E-state index in [4.69, 9.17) is 4.42 Å². The predicted octanol–water partition coefficient (Wildman–Crippen LogP) is 5.27. The molecule has 26 heavy (non-hydrogen) atoms. The first-order valence-electron chi connectivity index (χ1n) is 8.04. The number of para-hydroxylation sites is 1. The summed E-state index contributed by atoms with van der Waals surface area (Å²) in [6, 6.07) is 13.6. The van der Waals surface area contributed by atoms with Crippen LogP contribution in [0.2, 0.25) is 19.6 Å². The van der Waals surface area contributed by atoms with E-state index in [0.29, 0.717) is 11.1 Å². The molecule has 0 fully saturated rings. The third-order valence-electron chi connectivity index (χ3n) is 4.31. The molecular weight excluding hydrogens is 529 g/mol. The van der Waals surface area contributed by atoms with Crippen LogP contribution in [0.25, 0.3) is 33.2 Å². The van der Waals surface area contributed by atoms with Gasteiger partial charge in [0, 0.05) is 45.3 Å². The summed E-state index contributed by atoms with van der Waals surface area (Å²) in [5.74, 6) is -1.43. The zero-order chi connectivity index (χ0) is 17.8. The molecule has 0 aliphatic heterocycles. The Morgan fingerprint density at radius 1 is 1.12 bits per heavy atom. The summed E-state index contributed by atoms with van der Waals surface area (Å²) in [6.07, 6.45) is 1.01. The van der Waals surface area contributed by atoms with E-state index in [0.717, 1.165) is 28.6 Å². The maximum atomic E-state index is 14.3. The molecule has 0 aliphatic rings. The van der Waals surface area contributed by atoms with Gasteiger partial charge >= 0.3 is 0 Å². The van der Waals surface area contributed by atoms with Gasteiger partial charge in [-0.2, -0.15) is 0 Å². The molecule has 4 rings (SSSR count). The second kappa shape index (κ2) is 6.69. The number of nitrogens with zero attached hydrogens (tertiary/aromatic N) is 1. The fourth-order valence-electron chi connectivity index (χ4n) is 3.14. The predicted molar refractivity (Wildman–Crippen MR) is 98.7 cm³/mol. The van der Waals surface area contributed by atoms with Gasteiger partial charge in [-0.05, 0) is 6.07 Å². The summed E-state index contributed by atoms with van der Waals surface area (Å²) >= 11 is 0. The summed E-state index contributed by atoms with van der Waals surface area (Å²) in [4.78, 5) is 3.93. The van der Waals surface area contributed by atoms with Crippen molar-refractivity contribution in [3.8, 4) is 11.3 Å². The molecule has 1 radical (unpaired) electrons.